The number of nitrogen functional groups attached to an aromatic ring is 1. The van der Waals surface area contributed by atoms with E-state index in [1.807, 2.05) is 0 Å². The lowest BCUT2D eigenvalue weighted by atomic mass is 10.2. The van der Waals surface area contributed by atoms with E-state index in [2.05, 4.69) is 4.74 Å². The van der Waals surface area contributed by atoms with Crippen LogP contribution in [0.2, 0.25) is 0 Å². The number of thioether (sulfide) groups is 1. The second-order valence-electron chi connectivity index (χ2n) is 4.15. The zero-order valence-corrected chi connectivity index (χ0v) is 11.9. The fraction of sp³-hybridized carbons (Fsp3) is 0.214. The Balaban J connectivity index is 2.09. The fourth-order valence-electron chi connectivity index (χ4n) is 1.71. The van der Waals surface area contributed by atoms with Gasteiger partial charge in [-0.3, -0.25) is 0 Å². The Hall–Kier alpha value is -1.95. The average Bonchev–Trinajstić information content (AvgIpc) is 2.78. The number of benzene rings is 1. The van der Waals surface area contributed by atoms with Gasteiger partial charge in [-0.15, -0.1) is 11.8 Å². The molecule has 0 saturated heterocycles. The van der Waals surface area contributed by atoms with Crippen LogP contribution in [0.3, 0.4) is 0 Å². The van der Waals surface area contributed by atoms with Crippen LogP contribution in [0.15, 0.2) is 33.6 Å². The smallest absolute Gasteiger partial charge is 0.341 e. The maximum Gasteiger partial charge on any atom is 0.341 e. The summed E-state index contributed by atoms with van der Waals surface area (Å²) in [6, 6.07) is 6.14. The minimum atomic E-state index is -0.443. The van der Waals surface area contributed by atoms with E-state index >= 15 is 0 Å². The summed E-state index contributed by atoms with van der Waals surface area (Å²) in [5.74, 6) is 0.681. The SMILES string of the molecule is COC(=O)c1cc(CSc2ccc(N)cc2F)oc1C. The number of hydrogen-bond donors (Lipinski definition) is 1. The number of ether oxygens (including phenoxy) is 1. The molecule has 1 heterocycles. The van der Waals surface area contributed by atoms with Crippen LogP contribution in [0, 0.1) is 12.7 Å². The standard InChI is InChI=1S/C14H14FNO3S/c1-8-11(14(17)18-2)6-10(19-8)7-20-13-4-3-9(16)5-12(13)15/h3-6H,7,16H2,1-2H3. The molecule has 2 aromatic rings. The molecule has 0 aliphatic rings. The average molecular weight is 295 g/mol. The topological polar surface area (TPSA) is 65.5 Å². The van der Waals surface area contributed by atoms with E-state index in [1.165, 1.54) is 24.9 Å². The Kier molecular flexibility index (Phi) is 4.34. The molecule has 0 aliphatic heterocycles. The molecule has 0 spiro atoms. The lowest BCUT2D eigenvalue weighted by Gasteiger charge is -2.02. The van der Waals surface area contributed by atoms with Gasteiger partial charge in [-0.1, -0.05) is 0 Å². The highest BCUT2D eigenvalue weighted by Gasteiger charge is 2.15. The van der Waals surface area contributed by atoms with Crippen molar-refractivity contribution in [2.75, 3.05) is 12.8 Å². The Morgan fingerprint density at radius 1 is 1.45 bits per heavy atom. The highest BCUT2D eigenvalue weighted by atomic mass is 32.2. The summed E-state index contributed by atoms with van der Waals surface area (Å²) < 4.78 is 23.7. The maximum absolute atomic E-state index is 13.6. The number of nitrogens with two attached hydrogens (primary N) is 1. The Bertz CT molecular complexity index is 639. The predicted molar refractivity (Wildman–Crippen MR) is 75.2 cm³/mol. The van der Waals surface area contributed by atoms with Gasteiger partial charge in [0, 0.05) is 10.6 Å². The lowest BCUT2D eigenvalue weighted by molar-refractivity contribution is 0.0599. The molecule has 1 aromatic heterocycles. The summed E-state index contributed by atoms with van der Waals surface area (Å²) in [7, 11) is 1.31. The number of furan rings is 1. The first-order valence-electron chi connectivity index (χ1n) is 5.86. The predicted octanol–water partition coefficient (Wildman–Crippen LogP) is 3.39. The van der Waals surface area contributed by atoms with Crippen LogP contribution < -0.4 is 5.73 Å². The number of aryl methyl sites for hydroxylation is 1. The third-order valence-corrected chi connectivity index (χ3v) is 3.77. The number of esters is 1. The number of carbonyl (C=O) groups is 1. The van der Waals surface area contributed by atoms with E-state index in [0.29, 0.717) is 33.4 Å². The zero-order chi connectivity index (χ0) is 14.7. The van der Waals surface area contributed by atoms with Crippen molar-refractivity contribution >= 4 is 23.4 Å². The van der Waals surface area contributed by atoms with Crippen LogP contribution in [-0.2, 0) is 10.5 Å². The van der Waals surface area contributed by atoms with E-state index in [-0.39, 0.29) is 5.82 Å². The molecular weight excluding hydrogens is 281 g/mol. The van der Waals surface area contributed by atoms with Crippen molar-refractivity contribution in [1.29, 1.82) is 0 Å². The van der Waals surface area contributed by atoms with Gasteiger partial charge in [0.25, 0.3) is 0 Å². The van der Waals surface area contributed by atoms with E-state index in [9.17, 15) is 9.18 Å². The highest BCUT2D eigenvalue weighted by Crippen LogP contribution is 2.28. The van der Waals surface area contributed by atoms with E-state index in [0.717, 1.165) is 0 Å². The Labute approximate surface area is 120 Å². The van der Waals surface area contributed by atoms with Gasteiger partial charge in [-0.2, -0.15) is 0 Å². The summed E-state index contributed by atoms with van der Waals surface area (Å²) in [4.78, 5) is 11.9. The van der Waals surface area contributed by atoms with Crippen molar-refractivity contribution in [3.63, 3.8) is 0 Å². The van der Waals surface area contributed by atoms with Crippen molar-refractivity contribution in [2.24, 2.45) is 0 Å². The lowest BCUT2D eigenvalue weighted by Crippen LogP contribution is -2.00. The molecule has 4 nitrogen and oxygen atoms in total. The minimum Gasteiger partial charge on any atom is -0.465 e. The largest absolute Gasteiger partial charge is 0.465 e. The second kappa shape index (κ2) is 6.00. The van der Waals surface area contributed by atoms with E-state index in [4.69, 9.17) is 10.2 Å². The number of rotatable bonds is 4. The first kappa shape index (κ1) is 14.5. The first-order valence-corrected chi connectivity index (χ1v) is 6.85. The van der Waals surface area contributed by atoms with Crippen LogP contribution in [0.1, 0.15) is 21.9 Å². The molecule has 20 heavy (non-hydrogen) atoms. The van der Waals surface area contributed by atoms with Crippen molar-refractivity contribution in [1.82, 2.24) is 0 Å². The molecular formula is C14H14FNO3S. The summed E-state index contributed by atoms with van der Waals surface area (Å²) >= 11 is 1.27. The highest BCUT2D eigenvalue weighted by molar-refractivity contribution is 7.98. The van der Waals surface area contributed by atoms with Crippen LogP contribution in [0.4, 0.5) is 10.1 Å². The van der Waals surface area contributed by atoms with Crippen LogP contribution in [0.5, 0.6) is 0 Å². The third kappa shape index (κ3) is 3.14. The summed E-state index contributed by atoms with van der Waals surface area (Å²) in [6.45, 7) is 1.68. The molecule has 0 fully saturated rings. The molecule has 0 atom stereocenters. The number of anilines is 1. The van der Waals surface area contributed by atoms with Crippen molar-refractivity contribution in [3.05, 3.63) is 47.2 Å². The van der Waals surface area contributed by atoms with Gasteiger partial charge in [0.05, 0.1) is 12.9 Å². The van der Waals surface area contributed by atoms with Crippen LogP contribution in [0.25, 0.3) is 0 Å². The molecule has 2 rings (SSSR count). The number of methoxy groups -OCH3 is 1. The summed E-state index contributed by atoms with van der Waals surface area (Å²) in [5, 5.41) is 0. The molecule has 2 N–H and O–H groups in total. The molecule has 0 saturated carbocycles. The third-order valence-electron chi connectivity index (χ3n) is 2.70. The summed E-state index contributed by atoms with van der Waals surface area (Å²) in [5.41, 5.74) is 6.26. The first-order chi connectivity index (χ1) is 9.51. The van der Waals surface area contributed by atoms with Gasteiger partial charge < -0.3 is 14.9 Å². The van der Waals surface area contributed by atoms with E-state index in [1.54, 1.807) is 25.1 Å². The van der Waals surface area contributed by atoms with Crippen molar-refractivity contribution < 1.29 is 18.3 Å². The molecule has 6 heteroatoms. The van der Waals surface area contributed by atoms with Gasteiger partial charge >= 0.3 is 5.97 Å². The second-order valence-corrected chi connectivity index (χ2v) is 5.17. The zero-order valence-electron chi connectivity index (χ0n) is 11.1. The normalized spacial score (nSPS) is 10.6. The molecule has 106 valence electrons. The van der Waals surface area contributed by atoms with Gasteiger partial charge in [-0.25, -0.2) is 9.18 Å². The maximum atomic E-state index is 13.6. The quantitative estimate of drug-likeness (QED) is 0.532. The fourth-order valence-corrected chi connectivity index (χ4v) is 2.51. The van der Waals surface area contributed by atoms with Crippen molar-refractivity contribution in [3.8, 4) is 0 Å². The molecule has 0 radical (unpaired) electrons. The Morgan fingerprint density at radius 2 is 2.20 bits per heavy atom. The van der Waals surface area contributed by atoms with Gasteiger partial charge in [0.1, 0.15) is 22.9 Å². The van der Waals surface area contributed by atoms with Crippen LogP contribution >= 0.6 is 11.8 Å². The van der Waals surface area contributed by atoms with Crippen LogP contribution in [-0.4, -0.2) is 13.1 Å². The van der Waals surface area contributed by atoms with E-state index < -0.39 is 5.97 Å². The van der Waals surface area contributed by atoms with Gasteiger partial charge in [-0.05, 0) is 31.2 Å². The van der Waals surface area contributed by atoms with Crippen molar-refractivity contribution in [2.45, 2.75) is 17.6 Å². The molecule has 1 aromatic carbocycles. The molecule has 0 unspecified atom stereocenters. The molecule has 0 aliphatic carbocycles. The van der Waals surface area contributed by atoms with Gasteiger partial charge in [0.15, 0.2) is 0 Å². The number of hydrogen-bond acceptors (Lipinski definition) is 5. The Morgan fingerprint density at radius 3 is 2.85 bits per heavy atom. The molecule has 0 amide bonds. The number of halogens is 1. The van der Waals surface area contributed by atoms with Gasteiger partial charge in [0.2, 0.25) is 0 Å². The number of carbonyl (C=O) groups excluding carboxylic acids is 1. The molecule has 0 bridgehead atoms. The summed E-state index contributed by atoms with van der Waals surface area (Å²) in [6.07, 6.45) is 0. The monoisotopic (exact) mass is 295 g/mol. The minimum absolute atomic E-state index is 0.369.